The van der Waals surface area contributed by atoms with Crippen molar-refractivity contribution in [3.8, 4) is 22.1 Å². The van der Waals surface area contributed by atoms with Crippen molar-refractivity contribution >= 4 is 22.2 Å². The zero-order valence-corrected chi connectivity index (χ0v) is 10.7. The molecule has 0 unspecified atom stereocenters. The van der Waals surface area contributed by atoms with Crippen LogP contribution in [0.4, 0.5) is 0 Å². The van der Waals surface area contributed by atoms with Crippen molar-refractivity contribution in [1.82, 2.24) is 20.2 Å². The first-order valence-corrected chi connectivity index (χ1v) is 6.82. The van der Waals surface area contributed by atoms with E-state index in [9.17, 15) is 0 Å². The Labute approximate surface area is 113 Å². The summed E-state index contributed by atoms with van der Waals surface area (Å²) in [4.78, 5) is 8.90. The highest BCUT2D eigenvalue weighted by molar-refractivity contribution is 7.13. The Morgan fingerprint density at radius 3 is 2.89 bits per heavy atom. The summed E-state index contributed by atoms with van der Waals surface area (Å²) in [5.74, 6) is 1.54. The van der Waals surface area contributed by atoms with E-state index in [0.717, 1.165) is 33.0 Å². The third kappa shape index (κ3) is 1.67. The van der Waals surface area contributed by atoms with Crippen molar-refractivity contribution in [2.24, 2.45) is 0 Å². The molecular weight excluding hydrogens is 256 g/mol. The quantitative estimate of drug-likeness (QED) is 0.581. The van der Waals surface area contributed by atoms with E-state index < -0.39 is 0 Å². The minimum atomic E-state index is 0.723. The minimum Gasteiger partial charge on any atom is -0.360 e. The maximum Gasteiger partial charge on any atom is 0.183 e. The molecule has 0 saturated heterocycles. The number of para-hydroxylation sites is 1. The van der Waals surface area contributed by atoms with E-state index in [2.05, 4.69) is 26.2 Å². The molecule has 0 amide bonds. The highest BCUT2D eigenvalue weighted by atomic mass is 32.1. The van der Waals surface area contributed by atoms with Gasteiger partial charge in [-0.3, -0.25) is 5.10 Å². The van der Waals surface area contributed by atoms with Gasteiger partial charge in [0.15, 0.2) is 11.6 Å². The molecule has 2 N–H and O–H groups in total. The molecule has 1 aromatic carbocycles. The van der Waals surface area contributed by atoms with E-state index in [1.807, 2.05) is 41.9 Å². The first kappa shape index (κ1) is 10.5. The second-order valence-corrected chi connectivity index (χ2v) is 5.18. The molecule has 4 nitrogen and oxygen atoms in total. The van der Waals surface area contributed by atoms with Crippen LogP contribution in [0.1, 0.15) is 0 Å². The standard InChI is InChI=1S/C14H10N4S/c1-2-5-11-9(4-1)10(8-15-11)13-16-14(18-17-13)12-6-3-7-19-12/h1-8,15H,(H,16,17,18). The first-order valence-electron chi connectivity index (χ1n) is 5.94. The molecule has 0 spiro atoms. The number of fused-ring (bicyclic) bond motifs is 1. The summed E-state index contributed by atoms with van der Waals surface area (Å²) in [6, 6.07) is 12.2. The molecule has 0 aliphatic rings. The van der Waals surface area contributed by atoms with E-state index in [-0.39, 0.29) is 0 Å². The van der Waals surface area contributed by atoms with E-state index >= 15 is 0 Å². The van der Waals surface area contributed by atoms with Gasteiger partial charge in [-0.2, -0.15) is 5.10 Å². The number of aromatic nitrogens is 4. The zero-order chi connectivity index (χ0) is 12.7. The lowest BCUT2D eigenvalue weighted by molar-refractivity contribution is 1.10. The lowest BCUT2D eigenvalue weighted by Gasteiger charge is -1.91. The molecule has 4 aromatic rings. The van der Waals surface area contributed by atoms with Crippen molar-refractivity contribution < 1.29 is 0 Å². The summed E-state index contributed by atoms with van der Waals surface area (Å²) < 4.78 is 0. The van der Waals surface area contributed by atoms with Gasteiger partial charge in [0.2, 0.25) is 0 Å². The summed E-state index contributed by atoms with van der Waals surface area (Å²) >= 11 is 1.65. The van der Waals surface area contributed by atoms with Crippen LogP contribution in [0.2, 0.25) is 0 Å². The molecule has 3 aromatic heterocycles. The molecule has 92 valence electrons. The van der Waals surface area contributed by atoms with Crippen molar-refractivity contribution in [3.05, 3.63) is 48.0 Å². The van der Waals surface area contributed by atoms with Gasteiger partial charge in [0.1, 0.15) is 0 Å². The number of rotatable bonds is 2. The van der Waals surface area contributed by atoms with Gasteiger partial charge in [-0.05, 0) is 17.5 Å². The van der Waals surface area contributed by atoms with Gasteiger partial charge in [0.25, 0.3) is 0 Å². The van der Waals surface area contributed by atoms with Crippen LogP contribution >= 0.6 is 11.3 Å². The fourth-order valence-electron chi connectivity index (χ4n) is 2.16. The second kappa shape index (κ2) is 4.07. The number of H-pyrrole nitrogens is 2. The van der Waals surface area contributed by atoms with Crippen LogP contribution in [0.15, 0.2) is 48.0 Å². The topological polar surface area (TPSA) is 57.4 Å². The smallest absolute Gasteiger partial charge is 0.183 e. The van der Waals surface area contributed by atoms with Gasteiger partial charge in [-0.1, -0.05) is 24.3 Å². The fourth-order valence-corrected chi connectivity index (χ4v) is 2.83. The molecule has 0 fully saturated rings. The van der Waals surface area contributed by atoms with Crippen molar-refractivity contribution in [2.75, 3.05) is 0 Å². The average Bonchev–Trinajstić information content (AvgIpc) is 3.18. The summed E-state index contributed by atoms with van der Waals surface area (Å²) in [6.07, 6.45) is 1.95. The molecule has 0 saturated carbocycles. The lowest BCUT2D eigenvalue weighted by atomic mass is 10.2. The summed E-state index contributed by atoms with van der Waals surface area (Å²) in [7, 11) is 0. The average molecular weight is 266 g/mol. The Hall–Kier alpha value is -2.40. The SMILES string of the molecule is c1csc(-c2nc(-c3c[nH]c4ccccc34)n[nH]2)c1. The van der Waals surface area contributed by atoms with Crippen LogP contribution in [0.5, 0.6) is 0 Å². The second-order valence-electron chi connectivity index (χ2n) is 4.23. The number of hydrogen-bond acceptors (Lipinski definition) is 3. The Morgan fingerprint density at radius 1 is 1.05 bits per heavy atom. The maximum absolute atomic E-state index is 4.57. The molecule has 3 heterocycles. The van der Waals surface area contributed by atoms with Gasteiger partial charge in [0.05, 0.1) is 4.88 Å². The number of benzene rings is 1. The number of nitrogens with zero attached hydrogens (tertiary/aromatic N) is 2. The molecule has 0 radical (unpaired) electrons. The van der Waals surface area contributed by atoms with Crippen molar-refractivity contribution in [3.63, 3.8) is 0 Å². The fraction of sp³-hybridized carbons (Fsp3) is 0. The molecule has 0 atom stereocenters. The molecule has 5 heteroatoms. The van der Waals surface area contributed by atoms with Crippen LogP contribution in [-0.4, -0.2) is 20.2 Å². The molecular formula is C14H10N4S. The van der Waals surface area contributed by atoms with E-state index in [1.165, 1.54) is 0 Å². The Morgan fingerprint density at radius 2 is 2.00 bits per heavy atom. The number of hydrogen-bond donors (Lipinski definition) is 2. The molecule has 19 heavy (non-hydrogen) atoms. The Kier molecular flexibility index (Phi) is 2.25. The van der Waals surface area contributed by atoms with Gasteiger partial charge in [-0.15, -0.1) is 11.3 Å². The van der Waals surface area contributed by atoms with E-state index in [1.54, 1.807) is 11.3 Å². The first-order chi connectivity index (χ1) is 9.42. The van der Waals surface area contributed by atoms with Crippen LogP contribution in [0.25, 0.3) is 33.0 Å². The highest BCUT2D eigenvalue weighted by Crippen LogP contribution is 2.28. The van der Waals surface area contributed by atoms with Gasteiger partial charge < -0.3 is 4.98 Å². The normalized spacial score (nSPS) is 11.2. The molecule has 0 aliphatic carbocycles. The monoisotopic (exact) mass is 266 g/mol. The van der Waals surface area contributed by atoms with E-state index in [4.69, 9.17) is 0 Å². The van der Waals surface area contributed by atoms with Crippen LogP contribution in [0.3, 0.4) is 0 Å². The minimum absolute atomic E-state index is 0.723. The van der Waals surface area contributed by atoms with Crippen LogP contribution in [0, 0.1) is 0 Å². The van der Waals surface area contributed by atoms with Crippen LogP contribution < -0.4 is 0 Å². The Balaban J connectivity index is 1.85. The molecule has 0 aliphatic heterocycles. The van der Waals surface area contributed by atoms with Gasteiger partial charge in [-0.25, -0.2) is 4.98 Å². The number of thiophene rings is 1. The molecule has 4 rings (SSSR count). The summed E-state index contributed by atoms with van der Waals surface area (Å²) in [5.41, 5.74) is 2.12. The van der Waals surface area contributed by atoms with Gasteiger partial charge >= 0.3 is 0 Å². The molecule has 0 bridgehead atoms. The van der Waals surface area contributed by atoms with Crippen LogP contribution in [-0.2, 0) is 0 Å². The predicted octanol–water partition coefficient (Wildman–Crippen LogP) is 3.68. The maximum atomic E-state index is 4.57. The summed E-state index contributed by atoms with van der Waals surface area (Å²) in [6.45, 7) is 0. The predicted molar refractivity (Wildman–Crippen MR) is 77.0 cm³/mol. The third-order valence-electron chi connectivity index (χ3n) is 3.07. The largest absolute Gasteiger partial charge is 0.360 e. The number of aromatic amines is 2. The Bertz CT molecular complexity index is 826. The van der Waals surface area contributed by atoms with Crippen molar-refractivity contribution in [1.29, 1.82) is 0 Å². The van der Waals surface area contributed by atoms with Crippen molar-refractivity contribution in [2.45, 2.75) is 0 Å². The highest BCUT2D eigenvalue weighted by Gasteiger charge is 2.12. The van der Waals surface area contributed by atoms with E-state index in [0.29, 0.717) is 0 Å². The number of nitrogens with one attached hydrogen (secondary N) is 2. The zero-order valence-electron chi connectivity index (χ0n) is 9.92. The third-order valence-corrected chi connectivity index (χ3v) is 3.95. The van der Waals surface area contributed by atoms with Gasteiger partial charge in [0, 0.05) is 22.7 Å². The summed E-state index contributed by atoms with van der Waals surface area (Å²) in [5, 5.41) is 10.5. The lowest BCUT2D eigenvalue weighted by Crippen LogP contribution is -1.78.